The summed E-state index contributed by atoms with van der Waals surface area (Å²) in [5.41, 5.74) is 3.61. The van der Waals surface area contributed by atoms with Gasteiger partial charge in [-0.05, 0) is 49.4 Å². The van der Waals surface area contributed by atoms with Gasteiger partial charge in [0.15, 0.2) is 0 Å². The Hall–Kier alpha value is -2.84. The number of aryl methyl sites for hydroxylation is 1. The number of rotatable bonds is 1. The van der Waals surface area contributed by atoms with Crippen molar-refractivity contribution in [2.45, 2.75) is 19.8 Å². The highest BCUT2D eigenvalue weighted by molar-refractivity contribution is 6.30. The maximum atomic E-state index is 9.35. The molecule has 3 aromatic rings. The summed E-state index contributed by atoms with van der Waals surface area (Å²) >= 11 is 6.05. The third-order valence-electron chi connectivity index (χ3n) is 4.52. The largest absolute Gasteiger partial charge is 0.339 e. The number of aromatic nitrogens is 3. The molecule has 5 nitrogen and oxygen atoms in total. The zero-order valence-electron chi connectivity index (χ0n) is 13.9. The molecular formula is C19H16ClN5. The number of halogens is 1. The van der Waals surface area contributed by atoms with Crippen molar-refractivity contribution in [3.05, 3.63) is 64.7 Å². The summed E-state index contributed by atoms with van der Waals surface area (Å²) in [5.74, 6) is 1.94. The Labute approximate surface area is 151 Å². The molecule has 1 unspecified atom stereocenters. The first kappa shape index (κ1) is 15.7. The van der Waals surface area contributed by atoms with Crippen LogP contribution in [0.5, 0.6) is 0 Å². The van der Waals surface area contributed by atoms with Crippen molar-refractivity contribution in [3.63, 3.8) is 0 Å². The van der Waals surface area contributed by atoms with E-state index in [0.717, 1.165) is 35.3 Å². The van der Waals surface area contributed by atoms with Gasteiger partial charge in [-0.1, -0.05) is 18.5 Å². The number of fused-ring (bicyclic) bond motifs is 3. The molecule has 2 aromatic carbocycles. The van der Waals surface area contributed by atoms with Gasteiger partial charge in [0.2, 0.25) is 0 Å². The van der Waals surface area contributed by atoms with Gasteiger partial charge < -0.3 is 4.90 Å². The van der Waals surface area contributed by atoms with Gasteiger partial charge in [-0.3, -0.25) is 4.57 Å². The number of benzene rings is 2. The second-order valence-corrected chi connectivity index (χ2v) is 6.68. The molecule has 1 aliphatic rings. The molecule has 0 radical (unpaired) electrons. The van der Waals surface area contributed by atoms with Gasteiger partial charge in [0.05, 0.1) is 23.0 Å². The van der Waals surface area contributed by atoms with Crippen LogP contribution in [0.4, 0.5) is 11.4 Å². The van der Waals surface area contributed by atoms with Crippen LogP contribution in [0.25, 0.3) is 5.69 Å². The van der Waals surface area contributed by atoms with E-state index in [1.807, 2.05) is 49.4 Å². The van der Waals surface area contributed by atoms with E-state index in [0.29, 0.717) is 10.6 Å². The lowest BCUT2D eigenvalue weighted by molar-refractivity contribution is 0.696. The lowest BCUT2D eigenvalue weighted by atomic mass is 10.1. The fourth-order valence-electron chi connectivity index (χ4n) is 3.31. The normalized spacial score (nSPS) is 15.9. The summed E-state index contributed by atoms with van der Waals surface area (Å²) in [6.07, 6.45) is 0. The maximum absolute atomic E-state index is 9.35. The van der Waals surface area contributed by atoms with Crippen molar-refractivity contribution in [1.29, 1.82) is 5.26 Å². The molecule has 0 bridgehead atoms. The van der Waals surface area contributed by atoms with Crippen molar-refractivity contribution in [3.8, 4) is 11.8 Å². The summed E-state index contributed by atoms with van der Waals surface area (Å²) in [7, 11) is 0. The monoisotopic (exact) mass is 349 g/mol. The Bertz CT molecular complexity index is 984. The molecule has 0 amide bonds. The Balaban J connectivity index is 1.98. The SMILES string of the molecule is Cc1nnc2n1-c1ccc(C#N)cc1N(c1ccc(Cl)cc1)CC2C. The van der Waals surface area contributed by atoms with Crippen molar-refractivity contribution in [2.75, 3.05) is 11.4 Å². The summed E-state index contributed by atoms with van der Waals surface area (Å²) in [5, 5.41) is 18.7. The highest BCUT2D eigenvalue weighted by Crippen LogP contribution is 2.38. The molecular weight excluding hydrogens is 334 g/mol. The highest BCUT2D eigenvalue weighted by Gasteiger charge is 2.28. The van der Waals surface area contributed by atoms with E-state index in [9.17, 15) is 5.26 Å². The molecule has 2 heterocycles. The van der Waals surface area contributed by atoms with Crippen LogP contribution in [-0.2, 0) is 0 Å². The van der Waals surface area contributed by atoms with Gasteiger partial charge in [0.25, 0.3) is 0 Å². The third kappa shape index (κ3) is 2.55. The third-order valence-corrected chi connectivity index (χ3v) is 4.77. The molecule has 0 spiro atoms. The highest BCUT2D eigenvalue weighted by atomic mass is 35.5. The second-order valence-electron chi connectivity index (χ2n) is 6.24. The first-order valence-electron chi connectivity index (χ1n) is 8.08. The average molecular weight is 350 g/mol. The lowest BCUT2D eigenvalue weighted by Gasteiger charge is -2.26. The number of anilines is 2. The quantitative estimate of drug-likeness (QED) is 0.655. The Morgan fingerprint density at radius 2 is 1.88 bits per heavy atom. The van der Waals surface area contributed by atoms with Crippen LogP contribution in [0.15, 0.2) is 42.5 Å². The summed E-state index contributed by atoms with van der Waals surface area (Å²) in [6, 6.07) is 15.7. The standard InChI is InChI=1S/C19H16ClN5/c1-12-11-24(16-6-4-15(20)5-7-16)18-9-14(10-21)3-8-17(18)25-13(2)22-23-19(12)25/h3-9,12H,11H2,1-2H3. The van der Waals surface area contributed by atoms with Crippen LogP contribution in [0, 0.1) is 18.3 Å². The molecule has 0 aliphatic carbocycles. The van der Waals surface area contributed by atoms with E-state index in [2.05, 4.69) is 32.7 Å². The fourth-order valence-corrected chi connectivity index (χ4v) is 3.44. The molecule has 1 atom stereocenters. The zero-order valence-corrected chi connectivity index (χ0v) is 14.7. The van der Waals surface area contributed by atoms with Gasteiger partial charge in [0.1, 0.15) is 11.6 Å². The van der Waals surface area contributed by atoms with E-state index in [-0.39, 0.29) is 5.92 Å². The van der Waals surface area contributed by atoms with Crippen molar-refractivity contribution in [1.82, 2.24) is 14.8 Å². The van der Waals surface area contributed by atoms with Gasteiger partial charge in [-0.15, -0.1) is 10.2 Å². The number of nitrogens with zero attached hydrogens (tertiary/aromatic N) is 5. The van der Waals surface area contributed by atoms with E-state index in [4.69, 9.17) is 11.6 Å². The summed E-state index contributed by atoms with van der Waals surface area (Å²) < 4.78 is 2.08. The van der Waals surface area contributed by atoms with Gasteiger partial charge in [-0.25, -0.2) is 0 Å². The molecule has 1 aromatic heterocycles. The molecule has 4 rings (SSSR count). The zero-order chi connectivity index (χ0) is 17.6. The molecule has 0 N–H and O–H groups in total. The Morgan fingerprint density at radius 1 is 1.12 bits per heavy atom. The van der Waals surface area contributed by atoms with Crippen LogP contribution >= 0.6 is 11.6 Å². The van der Waals surface area contributed by atoms with E-state index in [1.54, 1.807) is 0 Å². The minimum Gasteiger partial charge on any atom is -0.339 e. The van der Waals surface area contributed by atoms with Crippen LogP contribution in [0.2, 0.25) is 5.02 Å². The molecule has 124 valence electrons. The first-order valence-corrected chi connectivity index (χ1v) is 8.46. The average Bonchev–Trinajstić information content (AvgIpc) is 2.95. The summed E-state index contributed by atoms with van der Waals surface area (Å²) in [4.78, 5) is 2.21. The van der Waals surface area contributed by atoms with Crippen LogP contribution < -0.4 is 4.90 Å². The van der Waals surface area contributed by atoms with Crippen molar-refractivity contribution < 1.29 is 0 Å². The number of hydrogen-bond donors (Lipinski definition) is 0. The molecule has 25 heavy (non-hydrogen) atoms. The maximum Gasteiger partial charge on any atom is 0.142 e. The number of nitriles is 1. The lowest BCUT2D eigenvalue weighted by Crippen LogP contribution is -2.22. The topological polar surface area (TPSA) is 57.7 Å². The fraction of sp³-hybridized carbons (Fsp3) is 0.211. The van der Waals surface area contributed by atoms with Gasteiger partial charge in [0, 0.05) is 23.2 Å². The van der Waals surface area contributed by atoms with E-state index in [1.165, 1.54) is 0 Å². The Kier molecular flexibility index (Phi) is 3.70. The van der Waals surface area contributed by atoms with Crippen LogP contribution in [-0.4, -0.2) is 21.3 Å². The van der Waals surface area contributed by atoms with E-state index >= 15 is 0 Å². The predicted octanol–water partition coefficient (Wildman–Crippen LogP) is 4.36. The number of hydrogen-bond acceptors (Lipinski definition) is 4. The summed E-state index contributed by atoms with van der Waals surface area (Å²) in [6.45, 7) is 4.82. The molecule has 0 fully saturated rings. The van der Waals surface area contributed by atoms with E-state index < -0.39 is 0 Å². The van der Waals surface area contributed by atoms with Gasteiger partial charge >= 0.3 is 0 Å². The predicted molar refractivity (Wildman–Crippen MR) is 97.7 cm³/mol. The molecule has 0 saturated carbocycles. The molecule has 0 saturated heterocycles. The van der Waals surface area contributed by atoms with Crippen LogP contribution in [0.1, 0.15) is 30.1 Å². The molecule has 6 heteroatoms. The Morgan fingerprint density at radius 3 is 2.60 bits per heavy atom. The first-order chi connectivity index (χ1) is 12.1. The van der Waals surface area contributed by atoms with Crippen molar-refractivity contribution >= 4 is 23.0 Å². The van der Waals surface area contributed by atoms with Crippen molar-refractivity contribution in [2.24, 2.45) is 0 Å². The minimum absolute atomic E-state index is 0.176. The second kappa shape index (κ2) is 5.91. The molecule has 1 aliphatic heterocycles. The van der Waals surface area contributed by atoms with Crippen LogP contribution in [0.3, 0.4) is 0 Å². The smallest absolute Gasteiger partial charge is 0.142 e. The van der Waals surface area contributed by atoms with Gasteiger partial charge in [-0.2, -0.15) is 5.26 Å². The minimum atomic E-state index is 0.176.